The molecule has 2 unspecified atom stereocenters. The molecule has 0 amide bonds. The summed E-state index contributed by atoms with van der Waals surface area (Å²) in [5.41, 5.74) is 7.29. The normalized spacial score (nSPS) is 26.1. The highest BCUT2D eigenvalue weighted by Gasteiger charge is 2.24. The zero-order valence-electron chi connectivity index (χ0n) is 10.4. The van der Waals surface area contributed by atoms with Crippen LogP contribution in [0.5, 0.6) is 0 Å². The lowest BCUT2D eigenvalue weighted by Gasteiger charge is -2.38. The van der Waals surface area contributed by atoms with E-state index in [1.165, 1.54) is 28.5 Å². The molecule has 1 aliphatic heterocycles. The van der Waals surface area contributed by atoms with Crippen molar-refractivity contribution >= 4 is 22.6 Å². The van der Waals surface area contributed by atoms with Crippen LogP contribution in [0.2, 0.25) is 0 Å². The summed E-state index contributed by atoms with van der Waals surface area (Å²) in [6.45, 7) is 5.36. The molecule has 0 spiro atoms. The van der Waals surface area contributed by atoms with Gasteiger partial charge < -0.3 is 5.73 Å². The fourth-order valence-electron chi connectivity index (χ4n) is 2.58. The van der Waals surface area contributed by atoms with Crippen LogP contribution in [0.25, 0.3) is 0 Å². The zero-order valence-corrected chi connectivity index (χ0v) is 12.6. The van der Waals surface area contributed by atoms with Crippen molar-refractivity contribution in [3.05, 3.63) is 33.4 Å². The minimum absolute atomic E-state index is 0.568. The van der Waals surface area contributed by atoms with Crippen molar-refractivity contribution in [2.45, 2.75) is 32.4 Å². The summed E-state index contributed by atoms with van der Waals surface area (Å²) in [7, 11) is 0. The highest BCUT2D eigenvalue weighted by atomic mass is 127. The summed E-state index contributed by atoms with van der Waals surface area (Å²) < 4.78 is 1.30. The molecule has 0 radical (unpaired) electrons. The molecule has 1 aromatic carbocycles. The summed E-state index contributed by atoms with van der Waals surface area (Å²) in [6, 6.07) is 9.39. The van der Waals surface area contributed by atoms with Gasteiger partial charge in [-0.25, -0.2) is 0 Å². The van der Waals surface area contributed by atoms with E-state index in [1.54, 1.807) is 0 Å². The molecule has 1 aromatic rings. The molecule has 3 heteroatoms. The smallest absolute Gasteiger partial charge is 0.0237 e. The van der Waals surface area contributed by atoms with Crippen LogP contribution < -0.4 is 5.73 Å². The third-order valence-corrected chi connectivity index (χ3v) is 4.39. The van der Waals surface area contributed by atoms with E-state index in [-0.39, 0.29) is 0 Å². The van der Waals surface area contributed by atoms with E-state index < -0.39 is 0 Å². The van der Waals surface area contributed by atoms with E-state index in [0.29, 0.717) is 6.04 Å². The standard InChI is InChI=1S/C14H21IN2/c1-11-6-7-17(14(8-11)9-16)10-12-2-4-13(15)5-3-12/h2-5,11,14H,6-10,16H2,1H3. The summed E-state index contributed by atoms with van der Waals surface area (Å²) >= 11 is 2.35. The fraction of sp³-hybridized carbons (Fsp3) is 0.571. The van der Waals surface area contributed by atoms with Crippen LogP contribution in [0.15, 0.2) is 24.3 Å². The quantitative estimate of drug-likeness (QED) is 0.855. The molecule has 2 rings (SSSR count). The van der Waals surface area contributed by atoms with Gasteiger partial charge in [-0.15, -0.1) is 0 Å². The lowest BCUT2D eigenvalue weighted by atomic mass is 9.92. The van der Waals surface area contributed by atoms with Gasteiger partial charge in [0.1, 0.15) is 0 Å². The van der Waals surface area contributed by atoms with Crippen molar-refractivity contribution in [1.29, 1.82) is 0 Å². The third-order valence-electron chi connectivity index (χ3n) is 3.67. The van der Waals surface area contributed by atoms with Gasteiger partial charge in [0, 0.05) is 22.7 Å². The molecule has 1 fully saturated rings. The molecule has 0 aliphatic carbocycles. The van der Waals surface area contributed by atoms with Gasteiger partial charge in [0.05, 0.1) is 0 Å². The van der Waals surface area contributed by atoms with Crippen LogP contribution in [0.3, 0.4) is 0 Å². The lowest BCUT2D eigenvalue weighted by molar-refractivity contribution is 0.115. The highest BCUT2D eigenvalue weighted by molar-refractivity contribution is 14.1. The maximum Gasteiger partial charge on any atom is 0.0237 e. The molecule has 1 saturated heterocycles. The monoisotopic (exact) mass is 344 g/mol. The minimum Gasteiger partial charge on any atom is -0.329 e. The third kappa shape index (κ3) is 3.66. The second-order valence-corrected chi connectivity index (χ2v) is 6.36. The Hall–Kier alpha value is -0.130. The first-order valence-electron chi connectivity index (χ1n) is 6.37. The van der Waals surface area contributed by atoms with Gasteiger partial charge in [-0.2, -0.15) is 0 Å². The number of benzene rings is 1. The Labute approximate surface area is 118 Å². The van der Waals surface area contributed by atoms with Gasteiger partial charge >= 0.3 is 0 Å². The molecule has 1 heterocycles. The predicted octanol–water partition coefficient (Wildman–Crippen LogP) is 2.85. The molecule has 0 saturated carbocycles. The summed E-state index contributed by atoms with van der Waals surface area (Å²) in [5.74, 6) is 0.830. The van der Waals surface area contributed by atoms with Gasteiger partial charge in [0.25, 0.3) is 0 Å². The second-order valence-electron chi connectivity index (χ2n) is 5.12. The molecular formula is C14H21IN2. The number of piperidine rings is 1. The number of nitrogens with zero attached hydrogens (tertiary/aromatic N) is 1. The number of rotatable bonds is 3. The van der Waals surface area contributed by atoms with Crippen molar-refractivity contribution in [3.63, 3.8) is 0 Å². The van der Waals surface area contributed by atoms with Crippen molar-refractivity contribution in [2.75, 3.05) is 13.1 Å². The zero-order chi connectivity index (χ0) is 12.3. The first kappa shape index (κ1) is 13.3. The lowest BCUT2D eigenvalue weighted by Crippen LogP contribution is -2.45. The minimum atomic E-state index is 0.568. The molecule has 2 nitrogen and oxygen atoms in total. The Bertz CT molecular complexity index is 350. The molecule has 2 atom stereocenters. The van der Waals surface area contributed by atoms with Crippen LogP contribution in [0.1, 0.15) is 25.3 Å². The molecule has 2 N–H and O–H groups in total. The number of nitrogens with two attached hydrogens (primary N) is 1. The largest absolute Gasteiger partial charge is 0.329 e. The number of hydrogen-bond acceptors (Lipinski definition) is 2. The van der Waals surface area contributed by atoms with Gasteiger partial charge in [-0.1, -0.05) is 19.1 Å². The maximum atomic E-state index is 5.89. The van der Waals surface area contributed by atoms with Gasteiger partial charge in [0.2, 0.25) is 0 Å². The molecule has 0 aromatic heterocycles. The summed E-state index contributed by atoms with van der Waals surface area (Å²) in [4.78, 5) is 2.54. The SMILES string of the molecule is CC1CCN(Cc2ccc(I)cc2)C(CN)C1. The van der Waals surface area contributed by atoms with E-state index in [0.717, 1.165) is 19.0 Å². The number of likely N-dealkylation sites (tertiary alicyclic amines) is 1. The van der Waals surface area contributed by atoms with E-state index in [1.807, 2.05) is 0 Å². The maximum absolute atomic E-state index is 5.89. The van der Waals surface area contributed by atoms with Crippen LogP contribution in [0, 0.1) is 9.49 Å². The molecule has 17 heavy (non-hydrogen) atoms. The van der Waals surface area contributed by atoms with Gasteiger partial charge in [-0.05, 0) is 65.6 Å². The van der Waals surface area contributed by atoms with E-state index in [9.17, 15) is 0 Å². The number of hydrogen-bond donors (Lipinski definition) is 1. The molecule has 0 bridgehead atoms. The highest BCUT2D eigenvalue weighted by Crippen LogP contribution is 2.23. The molecular weight excluding hydrogens is 323 g/mol. The van der Waals surface area contributed by atoms with Crippen molar-refractivity contribution in [2.24, 2.45) is 11.7 Å². The second kappa shape index (κ2) is 6.16. The van der Waals surface area contributed by atoms with E-state index >= 15 is 0 Å². The van der Waals surface area contributed by atoms with Crippen LogP contribution >= 0.6 is 22.6 Å². The Morgan fingerprint density at radius 1 is 1.35 bits per heavy atom. The van der Waals surface area contributed by atoms with Crippen LogP contribution in [0.4, 0.5) is 0 Å². The molecule has 1 aliphatic rings. The van der Waals surface area contributed by atoms with E-state index in [2.05, 4.69) is 58.7 Å². The topological polar surface area (TPSA) is 29.3 Å². The predicted molar refractivity (Wildman–Crippen MR) is 80.8 cm³/mol. The first-order valence-corrected chi connectivity index (χ1v) is 7.45. The first-order chi connectivity index (χ1) is 8.19. The van der Waals surface area contributed by atoms with Gasteiger partial charge in [0.15, 0.2) is 0 Å². The fourth-order valence-corrected chi connectivity index (χ4v) is 2.94. The average molecular weight is 344 g/mol. The Kier molecular flexibility index (Phi) is 4.82. The Balaban J connectivity index is 1.99. The van der Waals surface area contributed by atoms with Crippen LogP contribution in [-0.4, -0.2) is 24.0 Å². The summed E-state index contributed by atoms with van der Waals surface area (Å²) in [5, 5.41) is 0. The van der Waals surface area contributed by atoms with E-state index in [4.69, 9.17) is 5.73 Å². The Morgan fingerprint density at radius 2 is 2.06 bits per heavy atom. The molecule has 94 valence electrons. The van der Waals surface area contributed by atoms with Crippen LogP contribution in [-0.2, 0) is 6.54 Å². The average Bonchev–Trinajstić information content (AvgIpc) is 2.34. The van der Waals surface area contributed by atoms with Crippen molar-refractivity contribution < 1.29 is 0 Å². The van der Waals surface area contributed by atoms with Crippen molar-refractivity contribution in [1.82, 2.24) is 4.90 Å². The summed E-state index contributed by atoms with van der Waals surface area (Å²) in [6.07, 6.45) is 2.56. The Morgan fingerprint density at radius 3 is 2.71 bits per heavy atom. The van der Waals surface area contributed by atoms with Gasteiger partial charge in [-0.3, -0.25) is 4.90 Å². The van der Waals surface area contributed by atoms with Crippen molar-refractivity contribution in [3.8, 4) is 0 Å². The number of halogens is 1.